The van der Waals surface area contributed by atoms with Crippen molar-refractivity contribution in [1.82, 2.24) is 10.2 Å². The summed E-state index contributed by atoms with van der Waals surface area (Å²) in [6, 6.07) is 19.2. The first-order valence-corrected chi connectivity index (χ1v) is 16.4. The van der Waals surface area contributed by atoms with Gasteiger partial charge in [-0.25, -0.2) is 8.42 Å². The molecule has 0 unspecified atom stereocenters. The summed E-state index contributed by atoms with van der Waals surface area (Å²) in [5, 5.41) is 3.71. The standard InChI is InChI=1S/C32H39Cl2N3O4S/c1-5-7-19-35-32(39)30(6-2)36(21-25-13-16-26(33)20-29(25)34)31(38)22-37(27-17-14-24(15-18-27)23(3)4)42(40,41)28-11-9-8-10-12-28/h8-18,20,23,30H,5-7,19,21-22H2,1-4H3,(H,35,39)/t30-/m1/s1. The third-order valence-corrected chi connectivity index (χ3v) is 9.40. The highest BCUT2D eigenvalue weighted by Gasteiger charge is 2.34. The van der Waals surface area contributed by atoms with Gasteiger partial charge < -0.3 is 10.2 Å². The predicted molar refractivity (Wildman–Crippen MR) is 171 cm³/mol. The van der Waals surface area contributed by atoms with Gasteiger partial charge in [0.2, 0.25) is 11.8 Å². The zero-order chi connectivity index (χ0) is 30.9. The van der Waals surface area contributed by atoms with Crippen LogP contribution in [0, 0.1) is 0 Å². The molecular formula is C32H39Cl2N3O4S. The molecule has 1 N–H and O–H groups in total. The summed E-state index contributed by atoms with van der Waals surface area (Å²) < 4.78 is 29.0. The average molecular weight is 633 g/mol. The van der Waals surface area contributed by atoms with Gasteiger partial charge in [-0.05, 0) is 66.3 Å². The molecule has 0 radical (unpaired) electrons. The van der Waals surface area contributed by atoms with E-state index in [0.717, 1.165) is 22.7 Å². The van der Waals surface area contributed by atoms with Crippen LogP contribution in [-0.2, 0) is 26.2 Å². The predicted octanol–water partition coefficient (Wildman–Crippen LogP) is 7.04. The smallest absolute Gasteiger partial charge is 0.264 e. The molecule has 10 heteroatoms. The first kappa shape index (κ1) is 33.4. The number of hydrogen-bond acceptors (Lipinski definition) is 4. The second kappa shape index (κ2) is 15.4. The van der Waals surface area contributed by atoms with Gasteiger partial charge >= 0.3 is 0 Å². The van der Waals surface area contributed by atoms with Gasteiger partial charge in [-0.15, -0.1) is 0 Å². The monoisotopic (exact) mass is 631 g/mol. The summed E-state index contributed by atoms with van der Waals surface area (Å²) in [5.74, 6) is -0.592. The van der Waals surface area contributed by atoms with Gasteiger partial charge in [-0.1, -0.05) is 93.7 Å². The van der Waals surface area contributed by atoms with Crippen LogP contribution in [0.15, 0.2) is 77.7 Å². The minimum absolute atomic E-state index is 0.0000514. The number of sulfonamides is 1. The number of carbonyl (C=O) groups is 2. The maximum atomic E-state index is 14.2. The molecule has 3 aromatic carbocycles. The molecule has 0 aliphatic rings. The van der Waals surface area contributed by atoms with Gasteiger partial charge in [0.25, 0.3) is 10.0 Å². The number of nitrogens with zero attached hydrogens (tertiary/aromatic N) is 2. The van der Waals surface area contributed by atoms with Crippen LogP contribution in [0.1, 0.15) is 64.0 Å². The zero-order valence-corrected chi connectivity index (χ0v) is 26.8. The number of halogens is 2. The van der Waals surface area contributed by atoms with Crippen molar-refractivity contribution in [2.45, 2.75) is 70.4 Å². The minimum Gasteiger partial charge on any atom is -0.354 e. The van der Waals surface area contributed by atoms with E-state index >= 15 is 0 Å². The molecule has 0 aliphatic heterocycles. The van der Waals surface area contributed by atoms with Crippen LogP contribution in [0.25, 0.3) is 0 Å². The van der Waals surface area contributed by atoms with Crippen LogP contribution in [0.3, 0.4) is 0 Å². The lowest BCUT2D eigenvalue weighted by Gasteiger charge is -2.33. The van der Waals surface area contributed by atoms with Crippen molar-refractivity contribution in [3.63, 3.8) is 0 Å². The van der Waals surface area contributed by atoms with Gasteiger partial charge in [0, 0.05) is 23.1 Å². The second-order valence-corrected chi connectivity index (χ2v) is 13.1. The molecule has 2 amide bonds. The molecule has 3 rings (SSSR count). The second-order valence-electron chi connectivity index (χ2n) is 10.4. The van der Waals surface area contributed by atoms with Gasteiger partial charge in [0.15, 0.2) is 0 Å². The molecule has 226 valence electrons. The van der Waals surface area contributed by atoms with Crippen LogP contribution in [0.4, 0.5) is 5.69 Å². The van der Waals surface area contributed by atoms with E-state index in [1.807, 2.05) is 39.8 Å². The Bertz CT molecular complexity index is 1450. The fourth-order valence-electron chi connectivity index (χ4n) is 4.53. The highest BCUT2D eigenvalue weighted by Crippen LogP contribution is 2.28. The molecule has 0 heterocycles. The lowest BCUT2D eigenvalue weighted by Crippen LogP contribution is -2.52. The average Bonchev–Trinajstić information content (AvgIpc) is 2.97. The normalized spacial score (nSPS) is 12.2. The van der Waals surface area contributed by atoms with E-state index in [4.69, 9.17) is 23.2 Å². The lowest BCUT2D eigenvalue weighted by atomic mass is 10.0. The van der Waals surface area contributed by atoms with Crippen LogP contribution in [-0.4, -0.2) is 44.3 Å². The van der Waals surface area contributed by atoms with E-state index < -0.39 is 28.5 Å². The number of nitrogens with one attached hydrogen (secondary N) is 1. The van der Waals surface area contributed by atoms with Crippen LogP contribution in [0.2, 0.25) is 10.0 Å². The number of carbonyl (C=O) groups excluding carboxylic acids is 2. The summed E-state index contributed by atoms with van der Waals surface area (Å²) in [4.78, 5) is 28.9. The molecule has 0 spiro atoms. The fraction of sp³-hybridized carbons (Fsp3) is 0.375. The fourth-order valence-corrected chi connectivity index (χ4v) is 6.44. The molecule has 0 saturated carbocycles. The van der Waals surface area contributed by atoms with E-state index in [1.165, 1.54) is 17.0 Å². The van der Waals surface area contributed by atoms with E-state index in [1.54, 1.807) is 48.5 Å². The highest BCUT2D eigenvalue weighted by atomic mass is 35.5. The van der Waals surface area contributed by atoms with Crippen molar-refractivity contribution in [1.29, 1.82) is 0 Å². The van der Waals surface area contributed by atoms with Crippen molar-refractivity contribution >= 4 is 50.7 Å². The van der Waals surface area contributed by atoms with E-state index in [0.29, 0.717) is 34.3 Å². The third-order valence-electron chi connectivity index (χ3n) is 7.03. The number of amides is 2. The Morgan fingerprint density at radius 3 is 2.17 bits per heavy atom. The molecule has 1 atom stereocenters. The molecule has 0 fully saturated rings. The molecule has 0 bridgehead atoms. The zero-order valence-electron chi connectivity index (χ0n) is 24.5. The van der Waals surface area contributed by atoms with E-state index in [-0.39, 0.29) is 23.3 Å². The van der Waals surface area contributed by atoms with Crippen molar-refractivity contribution in [2.75, 3.05) is 17.4 Å². The van der Waals surface area contributed by atoms with Crippen LogP contribution >= 0.6 is 23.2 Å². The summed E-state index contributed by atoms with van der Waals surface area (Å²) in [5.41, 5.74) is 1.98. The van der Waals surface area contributed by atoms with Gasteiger partial charge in [-0.3, -0.25) is 13.9 Å². The Hall–Kier alpha value is -3.07. The third kappa shape index (κ3) is 8.49. The SMILES string of the molecule is CCCCNC(=O)[C@@H](CC)N(Cc1ccc(Cl)cc1Cl)C(=O)CN(c1ccc(C(C)C)cc1)S(=O)(=O)c1ccccc1. The topological polar surface area (TPSA) is 86.8 Å². The Morgan fingerprint density at radius 1 is 0.929 bits per heavy atom. The Balaban J connectivity index is 2.06. The molecule has 3 aromatic rings. The van der Waals surface area contributed by atoms with Crippen molar-refractivity contribution in [3.05, 3.63) is 94.0 Å². The maximum Gasteiger partial charge on any atom is 0.264 e. The molecule has 42 heavy (non-hydrogen) atoms. The first-order chi connectivity index (χ1) is 20.0. The molecule has 0 aromatic heterocycles. The summed E-state index contributed by atoms with van der Waals surface area (Å²) in [6.07, 6.45) is 2.03. The largest absolute Gasteiger partial charge is 0.354 e. The molecule has 0 saturated heterocycles. The number of rotatable bonds is 14. The lowest BCUT2D eigenvalue weighted by molar-refractivity contribution is -0.140. The van der Waals surface area contributed by atoms with Crippen LogP contribution in [0.5, 0.6) is 0 Å². The van der Waals surface area contributed by atoms with E-state index in [2.05, 4.69) is 5.32 Å². The minimum atomic E-state index is -4.13. The molecule has 0 aliphatic carbocycles. The summed E-state index contributed by atoms with van der Waals surface area (Å²) in [7, 11) is -4.13. The van der Waals surface area contributed by atoms with Gasteiger partial charge in [0.05, 0.1) is 10.6 Å². The molecule has 7 nitrogen and oxygen atoms in total. The highest BCUT2D eigenvalue weighted by molar-refractivity contribution is 7.92. The van der Waals surface area contributed by atoms with E-state index in [9.17, 15) is 18.0 Å². The summed E-state index contributed by atoms with van der Waals surface area (Å²) in [6.45, 7) is 7.91. The number of unbranched alkanes of at least 4 members (excludes halogenated alkanes) is 1. The van der Waals surface area contributed by atoms with Crippen LogP contribution < -0.4 is 9.62 Å². The quantitative estimate of drug-likeness (QED) is 0.193. The maximum absolute atomic E-state index is 14.2. The molecular weight excluding hydrogens is 593 g/mol. The first-order valence-electron chi connectivity index (χ1n) is 14.2. The van der Waals surface area contributed by atoms with Gasteiger partial charge in [0.1, 0.15) is 12.6 Å². The summed E-state index contributed by atoms with van der Waals surface area (Å²) >= 11 is 12.6. The number of benzene rings is 3. The van der Waals surface area contributed by atoms with Crippen molar-refractivity contribution in [3.8, 4) is 0 Å². The Morgan fingerprint density at radius 2 is 1.60 bits per heavy atom. The Labute approximate surface area is 259 Å². The number of hydrogen-bond donors (Lipinski definition) is 1. The van der Waals surface area contributed by atoms with Crippen molar-refractivity contribution in [2.24, 2.45) is 0 Å². The number of anilines is 1. The van der Waals surface area contributed by atoms with Crippen molar-refractivity contribution < 1.29 is 18.0 Å². The Kier molecular flexibility index (Phi) is 12.3. The van der Waals surface area contributed by atoms with Gasteiger partial charge in [-0.2, -0.15) is 0 Å².